The molecule has 0 aromatic heterocycles. The van der Waals surface area contributed by atoms with Crippen LogP contribution in [0.2, 0.25) is 0 Å². The van der Waals surface area contributed by atoms with Crippen molar-refractivity contribution < 1.29 is 17.6 Å². The molecule has 0 radical (unpaired) electrons. The van der Waals surface area contributed by atoms with Crippen LogP contribution in [0.4, 0.5) is 17.6 Å². The van der Waals surface area contributed by atoms with Crippen LogP contribution >= 0.6 is 0 Å². The summed E-state index contributed by atoms with van der Waals surface area (Å²) in [7, 11) is 0. The summed E-state index contributed by atoms with van der Waals surface area (Å²) in [5, 5.41) is 2.67. The fraction of sp³-hybridized carbons (Fsp3) is 1.00. The van der Waals surface area contributed by atoms with E-state index in [9.17, 15) is 17.6 Å². The maximum Gasteiger partial charge on any atom is 0.275 e. The molecule has 2 atom stereocenters. The highest BCUT2D eigenvalue weighted by atomic mass is 19.3. The normalized spacial score (nSPS) is 38.2. The van der Waals surface area contributed by atoms with Crippen molar-refractivity contribution in [3.63, 3.8) is 0 Å². The van der Waals surface area contributed by atoms with E-state index < -0.39 is 24.7 Å². The van der Waals surface area contributed by atoms with Crippen molar-refractivity contribution in [2.45, 2.75) is 31.1 Å². The van der Waals surface area contributed by atoms with E-state index >= 15 is 0 Å². The molecule has 1 heterocycles. The second-order valence-corrected chi connectivity index (χ2v) is 2.98. The minimum Gasteiger partial charge on any atom is -0.316 e. The minimum absolute atomic E-state index is 0.112. The first-order valence-electron chi connectivity index (χ1n) is 3.89. The molecular formula is C7H11F4N. The Balaban J connectivity index is 2.69. The molecule has 0 aromatic carbocycles. The third kappa shape index (κ3) is 1.71. The van der Waals surface area contributed by atoms with Gasteiger partial charge < -0.3 is 5.32 Å². The Labute approximate surface area is 68.1 Å². The van der Waals surface area contributed by atoms with Crippen molar-refractivity contribution in [1.29, 1.82) is 0 Å². The Bertz CT molecular complexity index is 152. The molecule has 1 rings (SSSR count). The van der Waals surface area contributed by atoms with Crippen molar-refractivity contribution in [2.75, 3.05) is 13.1 Å². The summed E-state index contributed by atoms with van der Waals surface area (Å²) < 4.78 is 50.2. The van der Waals surface area contributed by atoms with E-state index in [1.54, 1.807) is 0 Å². The van der Waals surface area contributed by atoms with Crippen molar-refractivity contribution in [3.05, 3.63) is 0 Å². The number of halogens is 4. The van der Waals surface area contributed by atoms with Crippen LogP contribution in [0.5, 0.6) is 0 Å². The molecule has 72 valence electrons. The maximum atomic E-state index is 13.2. The van der Waals surface area contributed by atoms with Crippen LogP contribution in [0.1, 0.15) is 12.8 Å². The third-order valence-corrected chi connectivity index (χ3v) is 2.14. The van der Waals surface area contributed by atoms with Gasteiger partial charge in [-0.2, -0.15) is 0 Å². The second-order valence-electron chi connectivity index (χ2n) is 2.98. The average molecular weight is 185 g/mol. The first-order valence-corrected chi connectivity index (χ1v) is 3.89. The fourth-order valence-electron chi connectivity index (χ4n) is 1.28. The summed E-state index contributed by atoms with van der Waals surface area (Å²) >= 11 is 0. The summed E-state index contributed by atoms with van der Waals surface area (Å²) in [4.78, 5) is 0. The van der Waals surface area contributed by atoms with E-state index in [0.717, 1.165) is 0 Å². The van der Waals surface area contributed by atoms with Crippen LogP contribution in [0, 0.1) is 0 Å². The summed E-state index contributed by atoms with van der Waals surface area (Å²) in [5.74, 6) is 0. The molecule has 0 aromatic rings. The zero-order chi connectivity index (χ0) is 9.19. The van der Waals surface area contributed by atoms with Crippen LogP contribution in [0.3, 0.4) is 0 Å². The Kier molecular flexibility index (Phi) is 2.93. The molecular weight excluding hydrogens is 174 g/mol. The molecule has 0 spiro atoms. The predicted molar refractivity (Wildman–Crippen MR) is 36.8 cm³/mol. The van der Waals surface area contributed by atoms with Crippen LogP contribution in [0.15, 0.2) is 0 Å². The molecule has 1 nitrogen and oxygen atoms in total. The number of hydrogen-bond donors (Lipinski definition) is 1. The predicted octanol–water partition coefficient (Wildman–Crippen LogP) is 1.68. The van der Waals surface area contributed by atoms with Crippen molar-refractivity contribution >= 4 is 0 Å². The van der Waals surface area contributed by atoms with E-state index in [1.165, 1.54) is 0 Å². The lowest BCUT2D eigenvalue weighted by Gasteiger charge is -2.25. The number of hydrogen-bond acceptors (Lipinski definition) is 1. The largest absolute Gasteiger partial charge is 0.316 e. The van der Waals surface area contributed by atoms with E-state index in [1.807, 2.05) is 0 Å². The Morgan fingerprint density at radius 2 is 2.00 bits per heavy atom. The molecule has 1 saturated heterocycles. The zero-order valence-electron chi connectivity index (χ0n) is 6.49. The summed E-state index contributed by atoms with van der Waals surface area (Å²) in [6, 6.07) is 0. The Hall–Kier alpha value is -0.320. The van der Waals surface area contributed by atoms with Gasteiger partial charge in [-0.3, -0.25) is 0 Å². The lowest BCUT2D eigenvalue weighted by atomic mass is 9.96. The topological polar surface area (TPSA) is 12.0 Å². The monoisotopic (exact) mass is 185 g/mol. The molecule has 12 heavy (non-hydrogen) atoms. The van der Waals surface area contributed by atoms with Gasteiger partial charge >= 0.3 is 0 Å². The van der Waals surface area contributed by atoms with Gasteiger partial charge in [0.05, 0.1) is 0 Å². The highest BCUT2D eigenvalue weighted by Crippen LogP contribution is 2.33. The molecule has 0 bridgehead atoms. The summed E-state index contributed by atoms with van der Waals surface area (Å²) in [6.45, 7) is 0.376. The maximum absolute atomic E-state index is 13.2. The molecule has 0 amide bonds. The van der Waals surface area contributed by atoms with E-state index in [-0.39, 0.29) is 19.5 Å². The van der Waals surface area contributed by atoms with E-state index in [0.29, 0.717) is 0 Å². The van der Waals surface area contributed by atoms with Crippen LogP contribution in [-0.4, -0.2) is 31.4 Å². The van der Waals surface area contributed by atoms with E-state index in [4.69, 9.17) is 0 Å². The first kappa shape index (κ1) is 9.77. The molecule has 5 heteroatoms. The molecule has 0 saturated carbocycles. The van der Waals surface area contributed by atoms with E-state index in [2.05, 4.69) is 5.32 Å². The van der Waals surface area contributed by atoms with Gasteiger partial charge in [-0.25, -0.2) is 17.6 Å². The Morgan fingerprint density at radius 3 is 2.58 bits per heavy atom. The second kappa shape index (κ2) is 3.60. The molecule has 1 aliphatic rings. The molecule has 1 aliphatic heterocycles. The van der Waals surface area contributed by atoms with Crippen molar-refractivity contribution in [2.24, 2.45) is 0 Å². The highest BCUT2D eigenvalue weighted by molar-refractivity contribution is 4.92. The van der Waals surface area contributed by atoms with Crippen LogP contribution in [-0.2, 0) is 0 Å². The van der Waals surface area contributed by atoms with Crippen molar-refractivity contribution in [3.8, 4) is 0 Å². The van der Waals surface area contributed by atoms with Gasteiger partial charge in [0.1, 0.15) is 6.17 Å². The average Bonchev–Trinajstić information content (AvgIpc) is 2.16. The number of rotatable bonds is 1. The molecule has 1 fully saturated rings. The fourth-order valence-corrected chi connectivity index (χ4v) is 1.28. The standard InChI is InChI=1S/C7H11F4N/c8-5-1-3-12-4-2-7(5,11)6(9)10/h5-6,12H,1-4H2. The lowest BCUT2D eigenvalue weighted by Crippen LogP contribution is -2.42. The third-order valence-electron chi connectivity index (χ3n) is 2.14. The van der Waals surface area contributed by atoms with Gasteiger partial charge in [0.15, 0.2) is 0 Å². The van der Waals surface area contributed by atoms with Gasteiger partial charge in [0.2, 0.25) is 5.67 Å². The number of alkyl halides is 4. The SMILES string of the molecule is FC(F)C1(F)CCNCCC1F. The van der Waals surface area contributed by atoms with Crippen molar-refractivity contribution in [1.82, 2.24) is 5.32 Å². The van der Waals surface area contributed by atoms with Crippen LogP contribution < -0.4 is 5.32 Å². The highest BCUT2D eigenvalue weighted by Gasteiger charge is 2.48. The molecule has 1 N–H and O–H groups in total. The van der Waals surface area contributed by atoms with Gasteiger partial charge in [0.25, 0.3) is 6.43 Å². The summed E-state index contributed by atoms with van der Waals surface area (Å²) in [5.41, 5.74) is -2.94. The van der Waals surface area contributed by atoms with Gasteiger partial charge in [-0.1, -0.05) is 0 Å². The molecule has 0 aliphatic carbocycles. The zero-order valence-corrected chi connectivity index (χ0v) is 6.49. The summed E-state index contributed by atoms with van der Waals surface area (Å²) in [6.07, 6.45) is -5.91. The smallest absolute Gasteiger partial charge is 0.275 e. The minimum atomic E-state index is -3.23. The quantitative estimate of drug-likeness (QED) is 0.613. The number of nitrogens with one attached hydrogen (secondary N) is 1. The van der Waals surface area contributed by atoms with Gasteiger partial charge in [-0.05, 0) is 19.5 Å². The van der Waals surface area contributed by atoms with Gasteiger partial charge in [0, 0.05) is 6.42 Å². The Morgan fingerprint density at radius 1 is 1.33 bits per heavy atom. The van der Waals surface area contributed by atoms with Crippen LogP contribution in [0.25, 0.3) is 0 Å². The lowest BCUT2D eigenvalue weighted by molar-refractivity contribution is -0.0844. The first-order chi connectivity index (χ1) is 5.57. The van der Waals surface area contributed by atoms with Gasteiger partial charge in [-0.15, -0.1) is 0 Å². The molecule has 2 unspecified atom stereocenters.